The van der Waals surface area contributed by atoms with Crippen molar-refractivity contribution in [3.05, 3.63) is 0 Å². The van der Waals surface area contributed by atoms with E-state index in [0.717, 1.165) is 25.8 Å². The van der Waals surface area contributed by atoms with Crippen molar-refractivity contribution in [1.82, 2.24) is 10.2 Å². The van der Waals surface area contributed by atoms with Crippen molar-refractivity contribution in [3.63, 3.8) is 0 Å². The summed E-state index contributed by atoms with van der Waals surface area (Å²) in [7, 11) is 0. The lowest BCUT2D eigenvalue weighted by molar-refractivity contribution is 0.127. The molecule has 0 aromatic carbocycles. The van der Waals surface area contributed by atoms with E-state index < -0.39 is 0 Å². The molecule has 1 saturated heterocycles. The van der Waals surface area contributed by atoms with Gasteiger partial charge in [0.25, 0.3) is 0 Å². The lowest BCUT2D eigenvalue weighted by Gasteiger charge is -2.33. The summed E-state index contributed by atoms with van der Waals surface area (Å²) in [4.78, 5) is 14.0. The minimum Gasteiger partial charge on any atom is -0.396 e. The average Bonchev–Trinajstić information content (AvgIpc) is 2.75. The molecule has 0 aromatic rings. The normalized spacial score (nSPS) is 33.8. The number of nitrogens with one attached hydrogen (secondary N) is 1. The first kappa shape index (κ1) is 12.7. The van der Waals surface area contributed by atoms with Gasteiger partial charge in [0.1, 0.15) is 0 Å². The Hall–Kier alpha value is -0.770. The third-order valence-electron chi connectivity index (χ3n) is 4.23. The van der Waals surface area contributed by atoms with E-state index in [-0.39, 0.29) is 18.6 Å². The number of likely N-dealkylation sites (tertiary alicyclic amines) is 1. The first-order chi connectivity index (χ1) is 8.20. The highest BCUT2D eigenvalue weighted by Crippen LogP contribution is 2.25. The number of piperidine rings is 1. The highest BCUT2D eigenvalue weighted by molar-refractivity contribution is 5.74. The zero-order valence-corrected chi connectivity index (χ0v) is 10.7. The maximum Gasteiger partial charge on any atom is 0.317 e. The Labute approximate surface area is 103 Å². The third kappa shape index (κ3) is 3.12. The average molecular weight is 240 g/mol. The van der Waals surface area contributed by atoms with Crippen molar-refractivity contribution in [3.8, 4) is 0 Å². The molecule has 2 rings (SSSR count). The van der Waals surface area contributed by atoms with Gasteiger partial charge >= 0.3 is 6.03 Å². The van der Waals surface area contributed by atoms with Gasteiger partial charge in [-0.1, -0.05) is 13.3 Å². The SMILES string of the molecule is CC1CCCC1NC(=O)N1CCCC(CO)C1. The van der Waals surface area contributed by atoms with Gasteiger partial charge in [-0.3, -0.25) is 0 Å². The Balaban J connectivity index is 1.82. The van der Waals surface area contributed by atoms with Crippen molar-refractivity contribution >= 4 is 6.03 Å². The topological polar surface area (TPSA) is 52.6 Å². The highest BCUT2D eigenvalue weighted by Gasteiger charge is 2.28. The molecule has 2 amide bonds. The maximum absolute atomic E-state index is 12.1. The first-order valence-electron chi connectivity index (χ1n) is 6.87. The molecule has 2 N–H and O–H groups in total. The summed E-state index contributed by atoms with van der Waals surface area (Å²) in [6.07, 6.45) is 5.62. The van der Waals surface area contributed by atoms with E-state index in [1.807, 2.05) is 4.90 Å². The highest BCUT2D eigenvalue weighted by atomic mass is 16.3. The molecule has 0 radical (unpaired) electrons. The molecule has 0 bridgehead atoms. The van der Waals surface area contributed by atoms with E-state index >= 15 is 0 Å². The van der Waals surface area contributed by atoms with Gasteiger partial charge in [0.15, 0.2) is 0 Å². The number of hydrogen-bond acceptors (Lipinski definition) is 2. The summed E-state index contributed by atoms with van der Waals surface area (Å²) in [6.45, 7) is 3.96. The minimum absolute atomic E-state index is 0.0712. The first-order valence-corrected chi connectivity index (χ1v) is 6.87. The quantitative estimate of drug-likeness (QED) is 0.770. The summed E-state index contributed by atoms with van der Waals surface area (Å²) in [5, 5.41) is 12.3. The second-order valence-electron chi connectivity index (χ2n) is 5.60. The van der Waals surface area contributed by atoms with E-state index in [0.29, 0.717) is 18.5 Å². The molecular weight excluding hydrogens is 216 g/mol. The van der Waals surface area contributed by atoms with Crippen molar-refractivity contribution in [1.29, 1.82) is 0 Å². The summed E-state index contributed by atoms with van der Waals surface area (Å²) >= 11 is 0. The molecule has 1 aliphatic carbocycles. The minimum atomic E-state index is 0.0712. The monoisotopic (exact) mass is 240 g/mol. The maximum atomic E-state index is 12.1. The number of aliphatic hydroxyl groups excluding tert-OH is 1. The number of rotatable bonds is 2. The lowest BCUT2D eigenvalue weighted by atomic mass is 9.99. The Morgan fingerprint density at radius 1 is 1.35 bits per heavy atom. The predicted molar refractivity (Wildman–Crippen MR) is 66.7 cm³/mol. The van der Waals surface area contributed by atoms with Crippen LogP contribution in [0.3, 0.4) is 0 Å². The molecule has 2 aliphatic rings. The van der Waals surface area contributed by atoms with Gasteiger partial charge in [-0.05, 0) is 37.5 Å². The van der Waals surface area contributed by atoms with Gasteiger partial charge in [-0.25, -0.2) is 4.79 Å². The van der Waals surface area contributed by atoms with E-state index in [1.165, 1.54) is 12.8 Å². The fourth-order valence-electron chi connectivity index (χ4n) is 3.01. The van der Waals surface area contributed by atoms with Crippen molar-refractivity contribution < 1.29 is 9.90 Å². The largest absolute Gasteiger partial charge is 0.396 e. The van der Waals surface area contributed by atoms with Crippen molar-refractivity contribution in [2.24, 2.45) is 11.8 Å². The number of urea groups is 1. The summed E-state index contributed by atoms with van der Waals surface area (Å²) in [6, 6.07) is 0.430. The Bertz CT molecular complexity index is 270. The summed E-state index contributed by atoms with van der Waals surface area (Å²) < 4.78 is 0. The molecule has 0 aromatic heterocycles. The van der Waals surface area contributed by atoms with Gasteiger partial charge in [-0.2, -0.15) is 0 Å². The second-order valence-corrected chi connectivity index (χ2v) is 5.60. The van der Waals surface area contributed by atoms with Gasteiger partial charge in [-0.15, -0.1) is 0 Å². The lowest BCUT2D eigenvalue weighted by Crippen LogP contribution is -2.49. The third-order valence-corrected chi connectivity index (χ3v) is 4.23. The van der Waals surface area contributed by atoms with Crippen LogP contribution >= 0.6 is 0 Å². The van der Waals surface area contributed by atoms with Crippen LogP contribution in [0, 0.1) is 11.8 Å². The van der Waals surface area contributed by atoms with Crippen LogP contribution in [0.4, 0.5) is 4.79 Å². The summed E-state index contributed by atoms with van der Waals surface area (Å²) in [5.41, 5.74) is 0. The Morgan fingerprint density at radius 3 is 2.82 bits per heavy atom. The van der Waals surface area contributed by atoms with Crippen molar-refractivity contribution in [2.75, 3.05) is 19.7 Å². The molecule has 1 heterocycles. The van der Waals surface area contributed by atoms with Crippen LogP contribution in [0.15, 0.2) is 0 Å². The smallest absolute Gasteiger partial charge is 0.317 e. The molecule has 2 fully saturated rings. The number of amides is 2. The van der Waals surface area contributed by atoms with E-state index in [9.17, 15) is 4.79 Å². The van der Waals surface area contributed by atoms with Crippen LogP contribution in [-0.2, 0) is 0 Å². The molecule has 1 saturated carbocycles. The fourth-order valence-corrected chi connectivity index (χ4v) is 3.01. The number of hydrogen-bond donors (Lipinski definition) is 2. The van der Waals surface area contributed by atoms with Crippen LogP contribution in [0.1, 0.15) is 39.0 Å². The van der Waals surface area contributed by atoms with Crippen LogP contribution in [0.5, 0.6) is 0 Å². The zero-order valence-electron chi connectivity index (χ0n) is 10.7. The van der Waals surface area contributed by atoms with E-state index in [1.54, 1.807) is 0 Å². The predicted octanol–water partition coefficient (Wildman–Crippen LogP) is 1.59. The molecule has 17 heavy (non-hydrogen) atoms. The van der Waals surface area contributed by atoms with Gasteiger partial charge in [0, 0.05) is 25.7 Å². The number of carbonyl (C=O) groups excluding carboxylic acids is 1. The van der Waals surface area contributed by atoms with Gasteiger partial charge in [0.05, 0.1) is 0 Å². The molecular formula is C13H24N2O2. The van der Waals surface area contributed by atoms with Crippen LogP contribution in [-0.4, -0.2) is 41.8 Å². The molecule has 3 unspecified atom stereocenters. The molecule has 4 heteroatoms. The van der Waals surface area contributed by atoms with Crippen molar-refractivity contribution in [2.45, 2.75) is 45.1 Å². The fraction of sp³-hybridized carbons (Fsp3) is 0.923. The zero-order chi connectivity index (χ0) is 12.3. The van der Waals surface area contributed by atoms with E-state index in [2.05, 4.69) is 12.2 Å². The number of aliphatic hydroxyl groups is 1. The molecule has 4 nitrogen and oxygen atoms in total. The Morgan fingerprint density at radius 2 is 2.18 bits per heavy atom. The standard InChI is InChI=1S/C13H24N2O2/c1-10-4-2-6-12(10)14-13(17)15-7-3-5-11(8-15)9-16/h10-12,16H,2-9H2,1H3,(H,14,17). The number of carbonyl (C=O) groups is 1. The Kier molecular flexibility index (Phi) is 4.26. The van der Waals surface area contributed by atoms with Crippen LogP contribution in [0.2, 0.25) is 0 Å². The van der Waals surface area contributed by atoms with E-state index in [4.69, 9.17) is 5.11 Å². The van der Waals surface area contributed by atoms with Crippen LogP contribution < -0.4 is 5.32 Å². The van der Waals surface area contributed by atoms with Crippen LogP contribution in [0.25, 0.3) is 0 Å². The summed E-state index contributed by atoms with van der Waals surface area (Å²) in [5.74, 6) is 0.882. The molecule has 98 valence electrons. The number of nitrogens with zero attached hydrogens (tertiary/aromatic N) is 1. The van der Waals surface area contributed by atoms with Gasteiger partial charge in [0.2, 0.25) is 0 Å². The second kappa shape index (κ2) is 5.71. The molecule has 1 aliphatic heterocycles. The van der Waals surface area contributed by atoms with Gasteiger partial charge < -0.3 is 15.3 Å². The molecule has 0 spiro atoms. The molecule has 3 atom stereocenters.